The number of hydrogen-bond acceptors (Lipinski definition) is 5. The third-order valence-corrected chi connectivity index (χ3v) is 4.72. The van der Waals surface area contributed by atoms with Gasteiger partial charge in [0.1, 0.15) is 41.4 Å². The van der Waals surface area contributed by atoms with Gasteiger partial charge in [0.05, 0.1) is 0 Å². The molecule has 0 saturated carbocycles. The van der Waals surface area contributed by atoms with E-state index in [1.807, 2.05) is 0 Å². The summed E-state index contributed by atoms with van der Waals surface area (Å²) >= 11 is 0. The minimum Gasteiger partial charge on any atom is -0.490 e. The molecule has 1 unspecified atom stereocenters. The molecule has 1 aromatic heterocycles. The maximum Gasteiger partial charge on any atom is 0.314 e. The summed E-state index contributed by atoms with van der Waals surface area (Å²) in [6, 6.07) is 6.29. The normalized spacial score (nSPS) is 15.8. The summed E-state index contributed by atoms with van der Waals surface area (Å²) in [5.74, 6) is -4.59. The highest BCUT2D eigenvalue weighted by Gasteiger charge is 2.26. The van der Waals surface area contributed by atoms with E-state index in [1.165, 1.54) is 12.1 Å². The largest absolute Gasteiger partial charge is 0.490 e. The minimum absolute atomic E-state index is 0.0596. The quantitative estimate of drug-likeness (QED) is 0.603. The average Bonchev–Trinajstić information content (AvgIpc) is 3.15. The summed E-state index contributed by atoms with van der Waals surface area (Å²) in [5, 5.41) is 9.76. The number of aryl methyl sites for hydroxylation is 1. The summed E-state index contributed by atoms with van der Waals surface area (Å²) in [6.07, 6.45) is 0.817. The molecule has 2 heterocycles. The minimum atomic E-state index is -0.971. The molecule has 1 aliphatic rings. The van der Waals surface area contributed by atoms with Gasteiger partial charge in [0.2, 0.25) is 11.7 Å². The van der Waals surface area contributed by atoms with Crippen LogP contribution in [0, 0.1) is 30.3 Å². The van der Waals surface area contributed by atoms with Crippen molar-refractivity contribution in [1.29, 1.82) is 0 Å². The van der Waals surface area contributed by atoms with Crippen LogP contribution in [0.5, 0.6) is 5.75 Å². The van der Waals surface area contributed by atoms with E-state index >= 15 is 0 Å². The van der Waals surface area contributed by atoms with E-state index in [2.05, 4.69) is 25.5 Å². The molecule has 11 heteroatoms. The van der Waals surface area contributed by atoms with Crippen LogP contribution in [0.1, 0.15) is 27.6 Å². The Morgan fingerprint density at radius 2 is 1.97 bits per heavy atom. The van der Waals surface area contributed by atoms with Gasteiger partial charge in [-0.15, -0.1) is 10.2 Å². The van der Waals surface area contributed by atoms with Gasteiger partial charge in [-0.3, -0.25) is 9.59 Å². The molecule has 32 heavy (non-hydrogen) atoms. The zero-order chi connectivity index (χ0) is 22.8. The number of aromatic nitrogens is 3. The highest BCUT2D eigenvalue weighted by Crippen LogP contribution is 2.32. The first kappa shape index (κ1) is 21.2. The summed E-state index contributed by atoms with van der Waals surface area (Å²) < 4.78 is 47.2. The number of aromatic amines is 1. The summed E-state index contributed by atoms with van der Waals surface area (Å²) in [6.45, 7) is 1.52. The number of hydrogen-bond donors (Lipinski definition) is 2. The fraction of sp³-hybridized carbons (Fsp3) is 0.190. The SMILES string of the molecule is Cc1cc(F)c2c(c1)OCC(/C=N\C(=O)c1nnc(Cc3c(F)cccc3F)[nH]1)C(=O)N2. The predicted molar refractivity (Wildman–Crippen MR) is 107 cm³/mol. The molecule has 0 spiro atoms. The number of nitrogens with one attached hydrogen (secondary N) is 2. The summed E-state index contributed by atoms with van der Waals surface area (Å²) in [5.41, 5.74) is 0.317. The van der Waals surface area contributed by atoms with Crippen molar-refractivity contribution in [3.05, 3.63) is 70.6 Å². The number of benzene rings is 2. The van der Waals surface area contributed by atoms with Crippen LogP contribution in [-0.2, 0) is 11.2 Å². The van der Waals surface area contributed by atoms with Crippen LogP contribution in [0.15, 0.2) is 35.3 Å². The smallest absolute Gasteiger partial charge is 0.314 e. The lowest BCUT2D eigenvalue weighted by Gasteiger charge is -2.08. The molecule has 1 atom stereocenters. The Morgan fingerprint density at radius 1 is 1.22 bits per heavy atom. The van der Waals surface area contributed by atoms with Crippen LogP contribution in [0.25, 0.3) is 0 Å². The number of H-pyrrole nitrogens is 1. The Labute approximate surface area is 179 Å². The molecule has 0 saturated heterocycles. The van der Waals surface area contributed by atoms with Crippen LogP contribution < -0.4 is 10.1 Å². The van der Waals surface area contributed by atoms with E-state index in [9.17, 15) is 22.8 Å². The highest BCUT2D eigenvalue weighted by molar-refractivity contribution is 6.06. The highest BCUT2D eigenvalue weighted by atomic mass is 19.1. The molecular weight excluding hydrogens is 427 g/mol. The number of anilines is 1. The van der Waals surface area contributed by atoms with E-state index in [-0.39, 0.29) is 41.7 Å². The number of halogens is 3. The van der Waals surface area contributed by atoms with Crippen molar-refractivity contribution < 1.29 is 27.5 Å². The fourth-order valence-electron chi connectivity index (χ4n) is 3.09. The van der Waals surface area contributed by atoms with E-state index in [4.69, 9.17) is 4.74 Å². The van der Waals surface area contributed by atoms with Crippen LogP contribution in [-0.4, -0.2) is 39.8 Å². The molecule has 0 aliphatic carbocycles. The number of fused-ring (bicyclic) bond motifs is 1. The summed E-state index contributed by atoms with van der Waals surface area (Å²) in [7, 11) is 0. The second-order valence-electron chi connectivity index (χ2n) is 7.11. The van der Waals surface area contributed by atoms with Gasteiger partial charge in [-0.2, -0.15) is 0 Å². The van der Waals surface area contributed by atoms with E-state index < -0.39 is 35.2 Å². The number of rotatable bonds is 4. The number of ether oxygens (including phenoxy) is 1. The Morgan fingerprint density at radius 3 is 2.72 bits per heavy atom. The molecule has 4 rings (SSSR count). The number of nitrogens with zero attached hydrogens (tertiary/aromatic N) is 3. The zero-order valence-electron chi connectivity index (χ0n) is 16.7. The number of amides is 2. The Kier molecular flexibility index (Phi) is 5.71. The van der Waals surface area contributed by atoms with Crippen molar-refractivity contribution in [2.75, 3.05) is 11.9 Å². The van der Waals surface area contributed by atoms with Gasteiger partial charge in [0.25, 0.3) is 0 Å². The van der Waals surface area contributed by atoms with Crippen molar-refractivity contribution >= 4 is 23.7 Å². The first-order valence-electron chi connectivity index (χ1n) is 9.48. The summed E-state index contributed by atoms with van der Waals surface area (Å²) in [4.78, 5) is 30.9. The molecule has 0 radical (unpaired) electrons. The number of carbonyl (C=O) groups excluding carboxylic acids is 2. The molecular formula is C21H16F3N5O3. The molecule has 1 aliphatic heterocycles. The van der Waals surface area contributed by atoms with Crippen LogP contribution in [0.3, 0.4) is 0 Å². The van der Waals surface area contributed by atoms with Gasteiger partial charge in [-0.1, -0.05) is 6.07 Å². The van der Waals surface area contributed by atoms with Crippen LogP contribution in [0.4, 0.5) is 18.9 Å². The average molecular weight is 443 g/mol. The molecule has 2 N–H and O–H groups in total. The monoisotopic (exact) mass is 443 g/mol. The first-order valence-corrected chi connectivity index (χ1v) is 9.48. The van der Waals surface area contributed by atoms with E-state index in [0.717, 1.165) is 18.3 Å². The van der Waals surface area contributed by atoms with Gasteiger partial charge in [-0.25, -0.2) is 18.2 Å². The molecule has 2 amide bonds. The van der Waals surface area contributed by atoms with Crippen LogP contribution >= 0.6 is 0 Å². The van der Waals surface area contributed by atoms with Crippen molar-refractivity contribution in [1.82, 2.24) is 15.2 Å². The second kappa shape index (κ2) is 8.61. The molecule has 0 bridgehead atoms. The Bertz CT molecular complexity index is 1220. The molecule has 164 valence electrons. The standard InChI is InChI=1S/C21H16F3N5O3/c1-10-5-15(24)18-16(6-10)32-9-11(20(30)27-18)8-25-21(31)19-26-17(28-29-19)7-12-13(22)3-2-4-14(12)23/h2-6,8,11H,7,9H2,1H3,(H,27,30)(H,26,28,29)/b25-8-. The number of aliphatic imine (C=N–C) groups is 1. The zero-order valence-corrected chi connectivity index (χ0v) is 16.7. The van der Waals surface area contributed by atoms with Gasteiger partial charge >= 0.3 is 5.91 Å². The van der Waals surface area contributed by atoms with E-state index in [1.54, 1.807) is 13.0 Å². The Hall–Kier alpha value is -4.02. The van der Waals surface area contributed by atoms with Gasteiger partial charge in [-0.05, 0) is 36.8 Å². The van der Waals surface area contributed by atoms with Crippen molar-refractivity contribution in [3.8, 4) is 5.75 Å². The maximum atomic E-state index is 14.1. The third kappa shape index (κ3) is 4.36. The van der Waals surface area contributed by atoms with Crippen LogP contribution in [0.2, 0.25) is 0 Å². The van der Waals surface area contributed by atoms with Gasteiger partial charge in [0, 0.05) is 18.2 Å². The molecule has 2 aromatic carbocycles. The van der Waals surface area contributed by atoms with Gasteiger partial charge in [0.15, 0.2) is 5.82 Å². The lowest BCUT2D eigenvalue weighted by Crippen LogP contribution is -2.27. The van der Waals surface area contributed by atoms with Gasteiger partial charge < -0.3 is 15.0 Å². The molecule has 0 fully saturated rings. The van der Waals surface area contributed by atoms with Crippen molar-refractivity contribution in [2.45, 2.75) is 13.3 Å². The lowest BCUT2D eigenvalue weighted by atomic mass is 10.1. The Balaban J connectivity index is 1.45. The topological polar surface area (TPSA) is 109 Å². The third-order valence-electron chi connectivity index (χ3n) is 4.72. The fourth-order valence-corrected chi connectivity index (χ4v) is 3.09. The number of carbonyl (C=O) groups is 2. The molecule has 3 aromatic rings. The van der Waals surface area contributed by atoms with E-state index in [0.29, 0.717) is 5.56 Å². The maximum absolute atomic E-state index is 14.1. The van der Waals surface area contributed by atoms with Crippen molar-refractivity contribution in [2.24, 2.45) is 10.9 Å². The predicted octanol–water partition coefficient (Wildman–Crippen LogP) is 2.98. The lowest BCUT2D eigenvalue weighted by molar-refractivity contribution is -0.118. The second-order valence-corrected chi connectivity index (χ2v) is 7.11. The van der Waals surface area contributed by atoms with Crippen molar-refractivity contribution in [3.63, 3.8) is 0 Å². The first-order chi connectivity index (χ1) is 15.3. The molecule has 8 nitrogen and oxygen atoms in total.